The van der Waals surface area contributed by atoms with Gasteiger partial charge in [0.2, 0.25) is 5.91 Å². The summed E-state index contributed by atoms with van der Waals surface area (Å²) in [5.41, 5.74) is 1.01. The summed E-state index contributed by atoms with van der Waals surface area (Å²) in [6.07, 6.45) is 4.05. The number of likely N-dealkylation sites (tertiary alicyclic amines) is 1. The monoisotopic (exact) mass is 328 g/mol. The average molecular weight is 328 g/mol. The SMILES string of the molecule is C=CCn1c(SCC(=O)N2CCCC2)nnc1-c1ccccc1. The summed E-state index contributed by atoms with van der Waals surface area (Å²) in [6.45, 7) is 6.20. The zero-order valence-corrected chi connectivity index (χ0v) is 13.8. The second-order valence-electron chi connectivity index (χ2n) is 5.45. The Kier molecular flexibility index (Phi) is 5.12. The van der Waals surface area contributed by atoms with Crippen molar-refractivity contribution in [3.63, 3.8) is 0 Å². The van der Waals surface area contributed by atoms with Gasteiger partial charge in [0, 0.05) is 25.2 Å². The van der Waals surface area contributed by atoms with Crippen LogP contribution in [0.15, 0.2) is 48.1 Å². The van der Waals surface area contributed by atoms with Crippen molar-refractivity contribution in [2.75, 3.05) is 18.8 Å². The van der Waals surface area contributed by atoms with E-state index in [1.807, 2.05) is 45.9 Å². The molecule has 0 unspecified atom stereocenters. The fourth-order valence-electron chi connectivity index (χ4n) is 2.67. The Morgan fingerprint density at radius 2 is 1.96 bits per heavy atom. The van der Waals surface area contributed by atoms with Gasteiger partial charge in [-0.15, -0.1) is 16.8 Å². The van der Waals surface area contributed by atoms with Gasteiger partial charge in [-0.2, -0.15) is 0 Å². The van der Waals surface area contributed by atoms with E-state index in [-0.39, 0.29) is 5.91 Å². The van der Waals surface area contributed by atoms with Crippen molar-refractivity contribution in [1.82, 2.24) is 19.7 Å². The van der Waals surface area contributed by atoms with Gasteiger partial charge in [-0.1, -0.05) is 48.2 Å². The molecule has 120 valence electrons. The van der Waals surface area contributed by atoms with Gasteiger partial charge in [0.05, 0.1) is 5.75 Å². The third kappa shape index (κ3) is 3.64. The van der Waals surface area contributed by atoms with E-state index < -0.39 is 0 Å². The van der Waals surface area contributed by atoms with Crippen LogP contribution in [0.5, 0.6) is 0 Å². The summed E-state index contributed by atoms with van der Waals surface area (Å²) in [5.74, 6) is 1.40. The van der Waals surface area contributed by atoms with Gasteiger partial charge in [-0.3, -0.25) is 9.36 Å². The summed E-state index contributed by atoms with van der Waals surface area (Å²) < 4.78 is 2.00. The molecule has 1 aromatic heterocycles. The molecule has 1 saturated heterocycles. The van der Waals surface area contributed by atoms with Crippen LogP contribution in [0.1, 0.15) is 12.8 Å². The summed E-state index contributed by atoms with van der Waals surface area (Å²) >= 11 is 1.45. The van der Waals surface area contributed by atoms with Crippen LogP contribution in [-0.4, -0.2) is 44.4 Å². The van der Waals surface area contributed by atoms with Crippen LogP contribution < -0.4 is 0 Å². The third-order valence-electron chi connectivity index (χ3n) is 3.84. The summed E-state index contributed by atoms with van der Waals surface area (Å²) in [6, 6.07) is 9.95. The average Bonchev–Trinajstić information content (AvgIpc) is 3.24. The van der Waals surface area contributed by atoms with Gasteiger partial charge in [0.15, 0.2) is 11.0 Å². The highest BCUT2D eigenvalue weighted by molar-refractivity contribution is 7.99. The van der Waals surface area contributed by atoms with Crippen LogP contribution >= 0.6 is 11.8 Å². The number of rotatable bonds is 6. The first-order valence-electron chi connectivity index (χ1n) is 7.79. The molecular formula is C17H20N4OS. The molecule has 0 aliphatic carbocycles. The molecule has 1 amide bonds. The minimum Gasteiger partial charge on any atom is -0.342 e. The number of thioether (sulfide) groups is 1. The standard InChI is InChI=1S/C17H20N4OS/c1-2-10-21-16(14-8-4-3-5-9-14)18-19-17(21)23-13-15(22)20-11-6-7-12-20/h2-5,8-9H,1,6-7,10-13H2. The molecule has 6 heteroatoms. The van der Waals surface area contributed by atoms with Crippen LogP contribution in [0.4, 0.5) is 0 Å². The van der Waals surface area contributed by atoms with E-state index in [1.54, 1.807) is 0 Å². The lowest BCUT2D eigenvalue weighted by molar-refractivity contribution is -0.127. The molecule has 1 aliphatic heterocycles. The topological polar surface area (TPSA) is 51.0 Å². The predicted molar refractivity (Wildman–Crippen MR) is 92.2 cm³/mol. The molecule has 0 atom stereocenters. The molecule has 5 nitrogen and oxygen atoms in total. The van der Waals surface area contributed by atoms with E-state index in [9.17, 15) is 4.79 Å². The molecule has 23 heavy (non-hydrogen) atoms. The van der Waals surface area contributed by atoms with Crippen LogP contribution in [0.2, 0.25) is 0 Å². The Balaban J connectivity index is 1.75. The molecule has 1 aromatic carbocycles. The Labute approximate surface area is 140 Å². The maximum absolute atomic E-state index is 12.2. The maximum Gasteiger partial charge on any atom is 0.233 e. The van der Waals surface area contributed by atoms with Crippen molar-refractivity contribution in [3.8, 4) is 11.4 Å². The highest BCUT2D eigenvalue weighted by Crippen LogP contribution is 2.24. The lowest BCUT2D eigenvalue weighted by Crippen LogP contribution is -2.29. The summed E-state index contributed by atoms with van der Waals surface area (Å²) in [7, 11) is 0. The van der Waals surface area contributed by atoms with Crippen LogP contribution in [0.25, 0.3) is 11.4 Å². The molecule has 2 aromatic rings. The molecule has 3 rings (SSSR count). The quantitative estimate of drug-likeness (QED) is 0.604. The number of hydrogen-bond acceptors (Lipinski definition) is 4. The van der Waals surface area contributed by atoms with E-state index in [2.05, 4.69) is 16.8 Å². The molecule has 1 fully saturated rings. The number of nitrogens with zero attached hydrogens (tertiary/aromatic N) is 4. The molecule has 2 heterocycles. The number of hydrogen-bond donors (Lipinski definition) is 0. The number of aromatic nitrogens is 3. The van der Waals surface area contributed by atoms with Crippen molar-refractivity contribution in [1.29, 1.82) is 0 Å². The molecule has 1 aliphatic rings. The normalized spacial score (nSPS) is 14.2. The van der Waals surface area contributed by atoms with Gasteiger partial charge in [-0.05, 0) is 12.8 Å². The van der Waals surface area contributed by atoms with E-state index in [4.69, 9.17) is 0 Å². The third-order valence-corrected chi connectivity index (χ3v) is 4.80. The molecule has 0 spiro atoms. The molecule has 0 radical (unpaired) electrons. The Morgan fingerprint density at radius 1 is 1.22 bits per heavy atom. The van der Waals surface area contributed by atoms with Crippen LogP contribution in [0, 0.1) is 0 Å². The minimum absolute atomic E-state index is 0.182. The van der Waals surface area contributed by atoms with Gasteiger partial charge in [-0.25, -0.2) is 0 Å². The maximum atomic E-state index is 12.2. The Hall–Kier alpha value is -2.08. The number of amides is 1. The zero-order valence-electron chi connectivity index (χ0n) is 13.0. The summed E-state index contributed by atoms with van der Waals surface area (Å²) in [4.78, 5) is 14.1. The zero-order chi connectivity index (χ0) is 16.1. The van der Waals surface area contributed by atoms with Crippen LogP contribution in [-0.2, 0) is 11.3 Å². The Bertz CT molecular complexity index is 677. The van der Waals surface area contributed by atoms with Crippen molar-refractivity contribution in [2.24, 2.45) is 0 Å². The number of allylic oxidation sites excluding steroid dienone is 1. The van der Waals surface area contributed by atoms with Crippen LogP contribution in [0.3, 0.4) is 0 Å². The van der Waals surface area contributed by atoms with E-state index >= 15 is 0 Å². The van der Waals surface area contributed by atoms with E-state index in [1.165, 1.54) is 11.8 Å². The highest BCUT2D eigenvalue weighted by atomic mass is 32.2. The molecule has 0 N–H and O–H groups in total. The molecule has 0 bridgehead atoms. The molecule has 0 saturated carbocycles. The van der Waals surface area contributed by atoms with Gasteiger partial charge < -0.3 is 4.90 Å². The number of benzene rings is 1. The lowest BCUT2D eigenvalue weighted by Gasteiger charge is -2.14. The first-order valence-corrected chi connectivity index (χ1v) is 8.78. The van der Waals surface area contributed by atoms with Crippen molar-refractivity contribution in [3.05, 3.63) is 43.0 Å². The summed E-state index contributed by atoms with van der Waals surface area (Å²) in [5, 5.41) is 9.33. The van der Waals surface area contributed by atoms with E-state index in [0.29, 0.717) is 12.3 Å². The van der Waals surface area contributed by atoms with Gasteiger partial charge in [0.1, 0.15) is 0 Å². The number of carbonyl (C=O) groups excluding carboxylic acids is 1. The van der Waals surface area contributed by atoms with Crippen molar-refractivity contribution < 1.29 is 4.79 Å². The van der Waals surface area contributed by atoms with Crippen molar-refractivity contribution in [2.45, 2.75) is 24.5 Å². The second kappa shape index (κ2) is 7.46. The lowest BCUT2D eigenvalue weighted by atomic mass is 10.2. The second-order valence-corrected chi connectivity index (χ2v) is 6.39. The van der Waals surface area contributed by atoms with Gasteiger partial charge >= 0.3 is 0 Å². The molecular weight excluding hydrogens is 308 g/mol. The van der Waals surface area contributed by atoms with Gasteiger partial charge in [0.25, 0.3) is 0 Å². The largest absolute Gasteiger partial charge is 0.342 e. The first-order chi connectivity index (χ1) is 11.3. The number of carbonyl (C=O) groups is 1. The highest BCUT2D eigenvalue weighted by Gasteiger charge is 2.20. The predicted octanol–water partition coefficient (Wildman–Crippen LogP) is 2.85. The van der Waals surface area contributed by atoms with E-state index in [0.717, 1.165) is 42.5 Å². The smallest absolute Gasteiger partial charge is 0.233 e. The van der Waals surface area contributed by atoms with Crippen molar-refractivity contribution >= 4 is 17.7 Å². The first kappa shape index (κ1) is 15.8. The fraction of sp³-hybridized carbons (Fsp3) is 0.353. The Morgan fingerprint density at radius 3 is 2.65 bits per heavy atom. The minimum atomic E-state index is 0.182. The fourth-order valence-corrected chi connectivity index (χ4v) is 3.52.